The van der Waals surface area contributed by atoms with Crippen LogP contribution in [0.5, 0.6) is 0 Å². The van der Waals surface area contributed by atoms with Crippen molar-refractivity contribution in [2.45, 2.75) is 57.8 Å². The quantitative estimate of drug-likeness (QED) is 0.125. The molecular formula is C32H39F2N2O6P. The van der Waals surface area contributed by atoms with Crippen LogP contribution in [0.1, 0.15) is 48.9 Å². The first-order chi connectivity index (χ1) is 20.7. The number of alkyl halides is 2. The van der Waals surface area contributed by atoms with Crippen LogP contribution in [0.3, 0.4) is 0 Å². The number of halogens is 2. The molecule has 3 aromatic carbocycles. The number of carbonyl (C=O) groups is 2. The lowest BCUT2D eigenvalue weighted by molar-refractivity contribution is -0.123. The van der Waals surface area contributed by atoms with Crippen LogP contribution < -0.4 is 10.6 Å². The number of carbonyl (C=O) groups excluding carboxylic acids is 2. The van der Waals surface area contributed by atoms with Gasteiger partial charge in [0.2, 0.25) is 5.91 Å². The van der Waals surface area contributed by atoms with Crippen molar-refractivity contribution in [3.05, 3.63) is 107 Å². The SMILES string of the molecule is CCOP(=O)(OCC)C(F)(F)c1ccc(CC(NC(=O)OCc2ccccc2)C(=O)NCCCCc2ccccc2)cc1. The van der Waals surface area contributed by atoms with Gasteiger partial charge in [-0.3, -0.25) is 9.36 Å². The highest BCUT2D eigenvalue weighted by molar-refractivity contribution is 7.54. The summed E-state index contributed by atoms with van der Waals surface area (Å²) in [6.45, 7) is 2.91. The molecule has 0 fully saturated rings. The van der Waals surface area contributed by atoms with E-state index in [-0.39, 0.29) is 26.2 Å². The summed E-state index contributed by atoms with van der Waals surface area (Å²) in [7, 11) is -4.76. The van der Waals surface area contributed by atoms with Gasteiger partial charge in [0.1, 0.15) is 12.6 Å². The van der Waals surface area contributed by atoms with Crippen molar-refractivity contribution in [2.75, 3.05) is 19.8 Å². The van der Waals surface area contributed by atoms with Crippen molar-refractivity contribution in [3.63, 3.8) is 0 Å². The van der Waals surface area contributed by atoms with Crippen LogP contribution in [-0.2, 0) is 48.3 Å². The standard InChI is InChI=1S/C32H39F2N2O6P/c1-3-41-43(39,42-4-2)32(33,34)28-20-18-26(19-21-28)23-29(36-31(38)40-24-27-16-9-6-10-17-27)30(37)35-22-12-11-15-25-13-7-5-8-14-25/h5-10,13-14,16-21,29H,3-4,11-12,15,22-24H2,1-2H3,(H,35,37)(H,36,38). The van der Waals surface area contributed by atoms with Gasteiger partial charge >= 0.3 is 19.4 Å². The van der Waals surface area contributed by atoms with Gasteiger partial charge in [-0.15, -0.1) is 0 Å². The monoisotopic (exact) mass is 616 g/mol. The van der Waals surface area contributed by atoms with Crippen molar-refractivity contribution in [3.8, 4) is 0 Å². The second kappa shape index (κ2) is 16.9. The first kappa shape index (κ1) is 33.9. The number of hydrogen-bond acceptors (Lipinski definition) is 6. The number of rotatable bonds is 17. The molecule has 0 aliphatic heterocycles. The highest BCUT2D eigenvalue weighted by Gasteiger charge is 2.54. The molecule has 3 aromatic rings. The molecule has 232 valence electrons. The summed E-state index contributed by atoms with van der Waals surface area (Å²) in [6.07, 6.45) is 1.70. The molecule has 0 radical (unpaired) electrons. The van der Waals surface area contributed by atoms with Gasteiger partial charge in [-0.05, 0) is 49.8 Å². The molecule has 2 amide bonds. The molecule has 0 aliphatic carbocycles. The molecule has 0 saturated heterocycles. The van der Waals surface area contributed by atoms with E-state index in [9.17, 15) is 14.2 Å². The molecule has 8 nitrogen and oxygen atoms in total. The smallest absolute Gasteiger partial charge is 0.408 e. The Morgan fingerprint density at radius 2 is 1.40 bits per heavy atom. The van der Waals surface area contributed by atoms with E-state index in [1.807, 2.05) is 48.5 Å². The molecule has 1 atom stereocenters. The van der Waals surface area contributed by atoms with Gasteiger partial charge in [-0.25, -0.2) is 4.79 Å². The molecule has 1 unspecified atom stereocenters. The minimum atomic E-state index is -4.76. The van der Waals surface area contributed by atoms with Crippen LogP contribution in [0.15, 0.2) is 84.9 Å². The molecule has 43 heavy (non-hydrogen) atoms. The van der Waals surface area contributed by atoms with E-state index in [4.69, 9.17) is 13.8 Å². The summed E-state index contributed by atoms with van der Waals surface area (Å²) in [4.78, 5) is 25.7. The minimum Gasteiger partial charge on any atom is -0.445 e. The number of benzene rings is 3. The Morgan fingerprint density at radius 1 is 0.814 bits per heavy atom. The summed E-state index contributed by atoms with van der Waals surface area (Å²) in [6, 6.07) is 23.1. The van der Waals surface area contributed by atoms with Crippen LogP contribution in [0, 0.1) is 0 Å². The zero-order valence-electron chi connectivity index (χ0n) is 24.5. The summed E-state index contributed by atoms with van der Waals surface area (Å²) in [5, 5.41) is 5.45. The van der Waals surface area contributed by atoms with Gasteiger partial charge < -0.3 is 24.4 Å². The van der Waals surface area contributed by atoms with E-state index in [1.165, 1.54) is 31.5 Å². The largest absolute Gasteiger partial charge is 0.445 e. The Morgan fingerprint density at radius 3 is 1.98 bits per heavy atom. The molecule has 0 bridgehead atoms. The number of aryl methyl sites for hydroxylation is 1. The van der Waals surface area contributed by atoms with Crippen molar-refractivity contribution in [1.29, 1.82) is 0 Å². The molecule has 0 saturated carbocycles. The Kier molecular flexibility index (Phi) is 13.3. The molecule has 0 aliphatic rings. The van der Waals surface area contributed by atoms with E-state index in [1.54, 1.807) is 12.1 Å². The van der Waals surface area contributed by atoms with Gasteiger partial charge in [-0.1, -0.05) is 84.9 Å². The third kappa shape index (κ3) is 10.3. The fourth-order valence-corrected chi connectivity index (χ4v) is 5.87. The first-order valence-corrected chi connectivity index (χ1v) is 15.9. The Hall–Kier alpha value is -3.59. The predicted octanol–water partition coefficient (Wildman–Crippen LogP) is 6.98. The molecule has 0 aromatic heterocycles. The number of nitrogens with one attached hydrogen (secondary N) is 2. The van der Waals surface area contributed by atoms with Gasteiger partial charge in [0.05, 0.1) is 13.2 Å². The fraction of sp³-hybridized carbons (Fsp3) is 0.375. The van der Waals surface area contributed by atoms with E-state index < -0.39 is 36.9 Å². The second-order valence-electron chi connectivity index (χ2n) is 9.77. The van der Waals surface area contributed by atoms with Gasteiger partial charge in [-0.2, -0.15) is 8.78 Å². The van der Waals surface area contributed by atoms with Crippen molar-refractivity contribution in [1.82, 2.24) is 10.6 Å². The number of ether oxygens (including phenoxy) is 1. The maximum absolute atomic E-state index is 15.2. The van der Waals surface area contributed by atoms with Crippen LogP contribution in [-0.4, -0.2) is 37.8 Å². The lowest BCUT2D eigenvalue weighted by Gasteiger charge is -2.26. The molecule has 0 heterocycles. The summed E-state index contributed by atoms with van der Waals surface area (Å²) >= 11 is 0. The average Bonchev–Trinajstić information content (AvgIpc) is 3.01. The number of unbranched alkanes of at least 4 members (excludes halogenated alkanes) is 1. The van der Waals surface area contributed by atoms with E-state index in [2.05, 4.69) is 10.6 Å². The van der Waals surface area contributed by atoms with Crippen LogP contribution in [0.2, 0.25) is 0 Å². The highest BCUT2D eigenvalue weighted by Crippen LogP contribution is 2.66. The first-order valence-electron chi connectivity index (χ1n) is 14.3. The summed E-state index contributed by atoms with van der Waals surface area (Å²) in [5.41, 5.74) is -1.94. The van der Waals surface area contributed by atoms with Gasteiger partial charge in [0.25, 0.3) is 0 Å². The fourth-order valence-electron chi connectivity index (χ4n) is 4.32. The third-order valence-corrected chi connectivity index (χ3v) is 8.68. The normalized spacial score (nSPS) is 12.4. The van der Waals surface area contributed by atoms with E-state index in [0.717, 1.165) is 37.0 Å². The maximum Gasteiger partial charge on any atom is 0.408 e. The molecule has 11 heteroatoms. The predicted molar refractivity (Wildman–Crippen MR) is 161 cm³/mol. The molecule has 0 spiro atoms. The third-order valence-electron chi connectivity index (χ3n) is 6.54. The second-order valence-corrected chi connectivity index (χ2v) is 11.8. The molecule has 2 N–H and O–H groups in total. The lowest BCUT2D eigenvalue weighted by Crippen LogP contribution is -2.48. The average molecular weight is 617 g/mol. The van der Waals surface area contributed by atoms with Crippen molar-refractivity contribution < 1.29 is 36.7 Å². The summed E-state index contributed by atoms with van der Waals surface area (Å²) < 4.78 is 58.1. The zero-order chi connectivity index (χ0) is 31.1. The van der Waals surface area contributed by atoms with Crippen LogP contribution in [0.4, 0.5) is 13.6 Å². The Balaban J connectivity index is 1.66. The van der Waals surface area contributed by atoms with Gasteiger partial charge in [0.15, 0.2) is 0 Å². The highest BCUT2D eigenvalue weighted by atomic mass is 31.2. The Bertz CT molecular complexity index is 1320. The number of alkyl carbamates (subject to hydrolysis) is 1. The Labute approximate surface area is 251 Å². The maximum atomic E-state index is 15.2. The molecule has 3 rings (SSSR count). The number of hydrogen-bond donors (Lipinski definition) is 2. The van der Waals surface area contributed by atoms with Gasteiger partial charge in [0, 0.05) is 18.5 Å². The van der Waals surface area contributed by atoms with Crippen molar-refractivity contribution in [2.24, 2.45) is 0 Å². The van der Waals surface area contributed by atoms with E-state index >= 15 is 8.78 Å². The van der Waals surface area contributed by atoms with Crippen LogP contribution >= 0.6 is 7.60 Å². The van der Waals surface area contributed by atoms with Crippen molar-refractivity contribution >= 4 is 19.6 Å². The minimum absolute atomic E-state index is 0.0106. The van der Waals surface area contributed by atoms with Crippen LogP contribution in [0.25, 0.3) is 0 Å². The van der Waals surface area contributed by atoms with E-state index in [0.29, 0.717) is 12.1 Å². The molecular weight excluding hydrogens is 577 g/mol. The zero-order valence-corrected chi connectivity index (χ0v) is 25.4. The summed E-state index contributed by atoms with van der Waals surface area (Å²) in [5.74, 6) is -0.428. The topological polar surface area (TPSA) is 103 Å². The lowest BCUT2D eigenvalue weighted by atomic mass is 10.0. The number of amides is 2.